The summed E-state index contributed by atoms with van der Waals surface area (Å²) in [5.74, 6) is 0. The second-order valence-corrected chi connectivity index (χ2v) is 8.32. The summed E-state index contributed by atoms with van der Waals surface area (Å²) in [6, 6.07) is 0. The van der Waals surface area contributed by atoms with Crippen molar-refractivity contribution in [2.45, 2.75) is 134 Å². The lowest BCUT2D eigenvalue weighted by atomic mass is 9.81. The zero-order valence-corrected chi connectivity index (χ0v) is 18.1. The molecule has 0 aliphatic rings. The van der Waals surface area contributed by atoms with E-state index >= 15 is 0 Å². The maximum atomic E-state index is 11.1. The number of rotatable bonds is 19. The summed E-state index contributed by atoms with van der Waals surface area (Å²) in [6.07, 6.45) is 6.65. The summed E-state index contributed by atoms with van der Waals surface area (Å²) in [5, 5.41) is 60.4. The molecule has 6 N–H and O–H groups in total. The van der Waals surface area contributed by atoms with Gasteiger partial charge in [-0.1, -0.05) is 90.9 Å². The molecular formula is C22H46O6. The maximum Gasteiger partial charge on any atom is 0.111 e. The Bertz CT molecular complexity index is 336. The van der Waals surface area contributed by atoms with Crippen LogP contribution in [0.3, 0.4) is 0 Å². The van der Waals surface area contributed by atoms with E-state index < -0.39 is 36.6 Å². The number of hydrogen-bond donors (Lipinski definition) is 6. The molecule has 0 saturated carbocycles. The van der Waals surface area contributed by atoms with Crippen molar-refractivity contribution in [3.05, 3.63) is 0 Å². The molecule has 0 saturated heterocycles. The van der Waals surface area contributed by atoms with Crippen molar-refractivity contribution in [1.29, 1.82) is 0 Å². The van der Waals surface area contributed by atoms with E-state index in [-0.39, 0.29) is 0 Å². The van der Waals surface area contributed by atoms with Crippen LogP contribution in [0.2, 0.25) is 0 Å². The topological polar surface area (TPSA) is 121 Å². The van der Waals surface area contributed by atoms with Crippen molar-refractivity contribution in [2.24, 2.45) is 0 Å². The van der Waals surface area contributed by atoms with Crippen LogP contribution < -0.4 is 0 Å². The predicted octanol–water partition coefficient (Wildman–Crippen LogP) is 2.65. The molecule has 0 aromatic heterocycles. The van der Waals surface area contributed by atoms with E-state index in [1.54, 1.807) is 0 Å². The van der Waals surface area contributed by atoms with Crippen LogP contribution in [0.15, 0.2) is 0 Å². The average Bonchev–Trinajstić information content (AvgIpc) is 2.70. The molecule has 4 atom stereocenters. The van der Waals surface area contributed by atoms with Crippen LogP contribution in [0.5, 0.6) is 0 Å². The largest absolute Gasteiger partial charge is 0.394 e. The Balaban J connectivity index is 4.74. The molecule has 6 heteroatoms. The number of aliphatic hydroxyl groups excluding tert-OH is 5. The van der Waals surface area contributed by atoms with Crippen LogP contribution in [0.1, 0.15) is 104 Å². The quantitative estimate of drug-likeness (QED) is 0.183. The summed E-state index contributed by atoms with van der Waals surface area (Å²) in [5.41, 5.74) is -1.51. The number of hydrogen-bond acceptors (Lipinski definition) is 6. The molecule has 0 spiro atoms. The second-order valence-electron chi connectivity index (χ2n) is 8.32. The van der Waals surface area contributed by atoms with Gasteiger partial charge in [-0.25, -0.2) is 0 Å². The van der Waals surface area contributed by atoms with Crippen LogP contribution in [-0.4, -0.2) is 67.3 Å². The maximum absolute atomic E-state index is 11.1. The fourth-order valence-corrected chi connectivity index (χ4v) is 3.68. The van der Waals surface area contributed by atoms with Gasteiger partial charge in [0.1, 0.15) is 24.4 Å². The minimum atomic E-state index is -1.72. The molecule has 0 bridgehead atoms. The van der Waals surface area contributed by atoms with Crippen LogP contribution in [0, 0.1) is 0 Å². The number of aliphatic hydroxyl groups is 6. The average molecular weight is 407 g/mol. The third-order valence-corrected chi connectivity index (χ3v) is 5.73. The van der Waals surface area contributed by atoms with Gasteiger partial charge in [-0.05, 0) is 12.8 Å². The highest BCUT2D eigenvalue weighted by Gasteiger charge is 2.43. The van der Waals surface area contributed by atoms with Gasteiger partial charge >= 0.3 is 0 Å². The first-order chi connectivity index (χ1) is 13.3. The van der Waals surface area contributed by atoms with Gasteiger partial charge in [0.05, 0.1) is 12.2 Å². The Morgan fingerprint density at radius 2 is 1.00 bits per heavy atom. The Labute approximate surface area is 171 Å². The molecule has 0 unspecified atom stereocenters. The normalized spacial score (nSPS) is 16.7. The predicted molar refractivity (Wildman–Crippen MR) is 112 cm³/mol. The van der Waals surface area contributed by atoms with Crippen molar-refractivity contribution in [1.82, 2.24) is 0 Å². The first kappa shape index (κ1) is 27.8. The van der Waals surface area contributed by atoms with Crippen molar-refractivity contribution in [3.63, 3.8) is 0 Å². The highest BCUT2D eigenvalue weighted by molar-refractivity contribution is 4.94. The van der Waals surface area contributed by atoms with Gasteiger partial charge in [-0.2, -0.15) is 0 Å². The van der Waals surface area contributed by atoms with E-state index in [2.05, 4.69) is 13.8 Å². The van der Waals surface area contributed by atoms with Gasteiger partial charge in [-0.3, -0.25) is 0 Å². The fourth-order valence-electron chi connectivity index (χ4n) is 3.68. The third kappa shape index (κ3) is 11.1. The van der Waals surface area contributed by atoms with E-state index in [9.17, 15) is 25.5 Å². The van der Waals surface area contributed by atoms with Crippen LogP contribution >= 0.6 is 0 Å². The monoisotopic (exact) mass is 406 g/mol. The Kier molecular flexibility index (Phi) is 16.4. The molecule has 0 amide bonds. The standard InChI is InChI=1S/C22H46O6/c1-3-5-7-9-11-13-15-22(28,16-14-12-10-8-6-4-2)21(27)20(26)19(25)18(24)17-23/h18-21,23-28H,3-17H2,1-2H3/t18-,19-,20+,21+/m1/s1. The molecule has 28 heavy (non-hydrogen) atoms. The Hall–Kier alpha value is -0.240. The van der Waals surface area contributed by atoms with E-state index in [0.717, 1.165) is 64.2 Å². The molecular weight excluding hydrogens is 360 g/mol. The SMILES string of the molecule is CCCCCCCCC(O)(CCCCCCCC)[C@@H](O)[C@@H](O)[C@H](O)[C@H](O)CO. The summed E-state index contributed by atoms with van der Waals surface area (Å²) < 4.78 is 0. The van der Waals surface area contributed by atoms with E-state index in [0.29, 0.717) is 12.8 Å². The summed E-state index contributed by atoms with van der Waals surface area (Å²) in [7, 11) is 0. The molecule has 170 valence electrons. The molecule has 6 nitrogen and oxygen atoms in total. The molecule has 0 fully saturated rings. The van der Waals surface area contributed by atoms with Gasteiger partial charge < -0.3 is 30.6 Å². The van der Waals surface area contributed by atoms with Crippen molar-refractivity contribution in [3.8, 4) is 0 Å². The second kappa shape index (κ2) is 16.5. The first-order valence-corrected chi connectivity index (χ1v) is 11.4. The van der Waals surface area contributed by atoms with Gasteiger partial charge in [0.2, 0.25) is 0 Å². The van der Waals surface area contributed by atoms with Gasteiger partial charge in [0, 0.05) is 0 Å². The minimum absolute atomic E-state index is 0.342. The van der Waals surface area contributed by atoms with E-state index in [4.69, 9.17) is 5.11 Å². The summed E-state index contributed by atoms with van der Waals surface area (Å²) in [6.45, 7) is 3.59. The van der Waals surface area contributed by atoms with Crippen LogP contribution in [0.4, 0.5) is 0 Å². The lowest BCUT2D eigenvalue weighted by molar-refractivity contribution is -0.178. The van der Waals surface area contributed by atoms with Crippen molar-refractivity contribution < 1.29 is 30.6 Å². The lowest BCUT2D eigenvalue weighted by Gasteiger charge is -2.38. The molecule has 0 aromatic carbocycles. The third-order valence-electron chi connectivity index (χ3n) is 5.73. The van der Waals surface area contributed by atoms with Crippen molar-refractivity contribution in [2.75, 3.05) is 6.61 Å². The minimum Gasteiger partial charge on any atom is -0.394 e. The van der Waals surface area contributed by atoms with Crippen LogP contribution in [0.25, 0.3) is 0 Å². The smallest absolute Gasteiger partial charge is 0.111 e. The molecule has 0 aliphatic carbocycles. The Morgan fingerprint density at radius 1 is 0.607 bits per heavy atom. The van der Waals surface area contributed by atoms with E-state index in [1.165, 1.54) is 12.8 Å². The van der Waals surface area contributed by atoms with Gasteiger partial charge in [-0.15, -0.1) is 0 Å². The Morgan fingerprint density at radius 3 is 1.39 bits per heavy atom. The first-order valence-electron chi connectivity index (χ1n) is 11.4. The van der Waals surface area contributed by atoms with Crippen molar-refractivity contribution >= 4 is 0 Å². The molecule has 0 aliphatic heterocycles. The van der Waals surface area contributed by atoms with Crippen LogP contribution in [-0.2, 0) is 0 Å². The zero-order valence-electron chi connectivity index (χ0n) is 18.1. The molecule has 0 aromatic rings. The zero-order chi connectivity index (χ0) is 21.4. The summed E-state index contributed by atoms with van der Waals surface area (Å²) in [4.78, 5) is 0. The lowest BCUT2D eigenvalue weighted by Crippen LogP contribution is -2.56. The molecule has 0 radical (unpaired) electrons. The number of unbranched alkanes of at least 4 members (excludes halogenated alkanes) is 10. The van der Waals surface area contributed by atoms with Gasteiger partial charge in [0.15, 0.2) is 0 Å². The fraction of sp³-hybridized carbons (Fsp3) is 1.00. The highest BCUT2D eigenvalue weighted by atomic mass is 16.4. The van der Waals surface area contributed by atoms with Gasteiger partial charge in [0.25, 0.3) is 0 Å². The summed E-state index contributed by atoms with van der Waals surface area (Å²) >= 11 is 0. The highest BCUT2D eigenvalue weighted by Crippen LogP contribution is 2.30. The van der Waals surface area contributed by atoms with E-state index in [1.807, 2.05) is 0 Å². The molecule has 0 heterocycles. The molecule has 0 rings (SSSR count).